The molecule has 0 aliphatic rings. The molecule has 2 aromatic rings. The molecule has 0 fully saturated rings. The van der Waals surface area contributed by atoms with E-state index in [2.05, 4.69) is 27.5 Å². The minimum Gasteiger partial charge on any atom is -0.495 e. The van der Waals surface area contributed by atoms with Crippen molar-refractivity contribution in [3.63, 3.8) is 0 Å². The molecule has 0 saturated heterocycles. The van der Waals surface area contributed by atoms with E-state index in [0.717, 1.165) is 25.8 Å². The van der Waals surface area contributed by atoms with Crippen LogP contribution in [-0.2, 0) is 0 Å². The number of ether oxygens (including phenoxy) is 1. The average Bonchev–Trinajstić information content (AvgIpc) is 2.59. The number of unbranched alkanes of at least 4 members (excludes halogenated alkanes) is 2. The topological polar surface area (TPSA) is 76.1 Å². The van der Waals surface area contributed by atoms with Crippen molar-refractivity contribution in [3.8, 4) is 5.75 Å². The molecule has 2 rings (SSSR count). The maximum atomic E-state index is 12.3. The number of carbonyl (C=O) groups is 1. The summed E-state index contributed by atoms with van der Waals surface area (Å²) in [5.74, 6) is 0.678. The Kier molecular flexibility index (Phi) is 6.81. The summed E-state index contributed by atoms with van der Waals surface area (Å²) in [6, 6.07) is 6.60. The maximum Gasteiger partial charge on any atom is 0.274 e. The molecule has 128 valence electrons. The molecule has 0 spiro atoms. The highest BCUT2D eigenvalue weighted by molar-refractivity contribution is 6.32. The number of methoxy groups -OCH3 is 1. The van der Waals surface area contributed by atoms with Crippen LogP contribution in [0.1, 0.15) is 36.7 Å². The fraction of sp³-hybridized carbons (Fsp3) is 0.353. The van der Waals surface area contributed by atoms with Crippen LogP contribution in [0.25, 0.3) is 0 Å². The fourth-order valence-electron chi connectivity index (χ4n) is 2.08. The summed E-state index contributed by atoms with van der Waals surface area (Å²) in [5.41, 5.74) is 0.858. The quantitative estimate of drug-likeness (QED) is 0.705. The van der Waals surface area contributed by atoms with Gasteiger partial charge in [0.15, 0.2) is 0 Å². The summed E-state index contributed by atoms with van der Waals surface area (Å²) in [6.45, 7) is 2.93. The predicted molar refractivity (Wildman–Crippen MR) is 96.0 cm³/mol. The molecule has 1 heterocycles. The Morgan fingerprint density at radius 2 is 2.12 bits per heavy atom. The number of nitrogens with one attached hydrogen (secondary N) is 2. The summed E-state index contributed by atoms with van der Waals surface area (Å²) in [5, 5.41) is 6.31. The first kappa shape index (κ1) is 18.0. The van der Waals surface area contributed by atoms with Gasteiger partial charge in [-0.15, -0.1) is 0 Å². The normalized spacial score (nSPS) is 10.3. The molecule has 0 radical (unpaired) electrons. The van der Waals surface area contributed by atoms with Crippen molar-refractivity contribution in [2.24, 2.45) is 0 Å². The van der Waals surface area contributed by atoms with Gasteiger partial charge in [-0.3, -0.25) is 4.79 Å². The van der Waals surface area contributed by atoms with Crippen molar-refractivity contribution >= 4 is 29.1 Å². The van der Waals surface area contributed by atoms with Gasteiger partial charge < -0.3 is 15.4 Å². The maximum absolute atomic E-state index is 12.3. The van der Waals surface area contributed by atoms with Crippen LogP contribution < -0.4 is 15.4 Å². The number of rotatable bonds is 8. The Bertz CT molecular complexity index is 694. The second-order valence-corrected chi connectivity index (χ2v) is 5.61. The second-order valence-electron chi connectivity index (χ2n) is 5.20. The van der Waals surface area contributed by atoms with Crippen molar-refractivity contribution in [3.05, 3.63) is 41.2 Å². The van der Waals surface area contributed by atoms with Gasteiger partial charge in [0.05, 0.1) is 12.1 Å². The number of amides is 1. The van der Waals surface area contributed by atoms with Gasteiger partial charge in [0.25, 0.3) is 5.91 Å². The van der Waals surface area contributed by atoms with Gasteiger partial charge in [-0.1, -0.05) is 31.4 Å². The fourth-order valence-corrected chi connectivity index (χ4v) is 2.34. The molecule has 0 aliphatic heterocycles. The number of aromatic nitrogens is 2. The molecular formula is C17H21ClN4O2. The van der Waals surface area contributed by atoms with E-state index in [1.807, 2.05) is 0 Å². The SMILES string of the molecule is CCCCCNc1nccc(C(=O)Nc2ccc(OC)c(Cl)c2)n1. The molecular weight excluding hydrogens is 328 g/mol. The lowest BCUT2D eigenvalue weighted by molar-refractivity contribution is 0.102. The van der Waals surface area contributed by atoms with Gasteiger partial charge >= 0.3 is 0 Å². The number of benzene rings is 1. The molecule has 24 heavy (non-hydrogen) atoms. The number of carbonyl (C=O) groups excluding carboxylic acids is 1. The van der Waals surface area contributed by atoms with E-state index < -0.39 is 0 Å². The molecule has 0 unspecified atom stereocenters. The van der Waals surface area contributed by atoms with Crippen LogP contribution in [0.4, 0.5) is 11.6 Å². The minimum absolute atomic E-state index is 0.287. The van der Waals surface area contributed by atoms with Crippen LogP contribution >= 0.6 is 11.6 Å². The van der Waals surface area contributed by atoms with Crippen molar-refractivity contribution < 1.29 is 9.53 Å². The zero-order chi connectivity index (χ0) is 17.4. The lowest BCUT2D eigenvalue weighted by atomic mass is 10.2. The van der Waals surface area contributed by atoms with Crippen molar-refractivity contribution in [1.82, 2.24) is 9.97 Å². The van der Waals surface area contributed by atoms with Crippen molar-refractivity contribution in [2.75, 3.05) is 24.3 Å². The summed E-state index contributed by atoms with van der Waals surface area (Å²) in [4.78, 5) is 20.7. The standard InChI is InChI=1S/C17H21ClN4O2/c1-3-4-5-9-19-17-20-10-8-14(22-17)16(23)21-12-6-7-15(24-2)13(18)11-12/h6-8,10-11H,3-5,9H2,1-2H3,(H,21,23)(H,19,20,22). The van der Waals surface area contributed by atoms with Crippen LogP contribution in [0.3, 0.4) is 0 Å². The van der Waals surface area contributed by atoms with Crippen LogP contribution in [0.2, 0.25) is 5.02 Å². The molecule has 0 saturated carbocycles. The predicted octanol–water partition coefficient (Wildman–Crippen LogP) is 3.99. The second kappa shape index (κ2) is 9.08. The molecule has 7 heteroatoms. The molecule has 0 bridgehead atoms. The highest BCUT2D eigenvalue weighted by Gasteiger charge is 2.10. The first-order chi connectivity index (χ1) is 11.6. The number of nitrogens with zero attached hydrogens (tertiary/aromatic N) is 2. The third-order valence-electron chi connectivity index (χ3n) is 3.36. The van der Waals surface area contributed by atoms with E-state index in [1.54, 1.807) is 30.5 Å². The Morgan fingerprint density at radius 1 is 1.29 bits per heavy atom. The summed E-state index contributed by atoms with van der Waals surface area (Å²) in [6.07, 6.45) is 4.90. The Balaban J connectivity index is 2.00. The van der Waals surface area contributed by atoms with Crippen LogP contribution in [0.15, 0.2) is 30.5 Å². The van der Waals surface area contributed by atoms with Crippen molar-refractivity contribution in [2.45, 2.75) is 26.2 Å². The van der Waals surface area contributed by atoms with E-state index in [1.165, 1.54) is 7.11 Å². The Morgan fingerprint density at radius 3 is 2.83 bits per heavy atom. The first-order valence-corrected chi connectivity index (χ1v) is 8.23. The molecule has 2 N–H and O–H groups in total. The molecule has 1 amide bonds. The first-order valence-electron chi connectivity index (χ1n) is 7.86. The van der Waals surface area contributed by atoms with E-state index in [4.69, 9.17) is 16.3 Å². The monoisotopic (exact) mass is 348 g/mol. The zero-order valence-electron chi connectivity index (χ0n) is 13.8. The largest absolute Gasteiger partial charge is 0.495 e. The lowest BCUT2D eigenvalue weighted by Crippen LogP contribution is -2.15. The molecule has 0 aliphatic carbocycles. The zero-order valence-corrected chi connectivity index (χ0v) is 14.6. The van der Waals surface area contributed by atoms with Gasteiger partial charge in [-0.05, 0) is 30.7 Å². The number of halogens is 1. The van der Waals surface area contributed by atoms with Crippen LogP contribution in [0, 0.1) is 0 Å². The third kappa shape index (κ3) is 5.09. The summed E-state index contributed by atoms with van der Waals surface area (Å²) in [7, 11) is 1.54. The molecule has 6 nitrogen and oxygen atoms in total. The minimum atomic E-state index is -0.324. The number of hydrogen-bond acceptors (Lipinski definition) is 5. The highest BCUT2D eigenvalue weighted by Crippen LogP contribution is 2.27. The molecule has 1 aromatic heterocycles. The van der Waals surface area contributed by atoms with Gasteiger partial charge in [-0.25, -0.2) is 9.97 Å². The smallest absolute Gasteiger partial charge is 0.274 e. The summed E-state index contributed by atoms with van der Waals surface area (Å²) >= 11 is 6.06. The Hall–Kier alpha value is -2.34. The highest BCUT2D eigenvalue weighted by atomic mass is 35.5. The summed E-state index contributed by atoms with van der Waals surface area (Å²) < 4.78 is 5.09. The van der Waals surface area contributed by atoms with E-state index >= 15 is 0 Å². The Labute approximate surface area is 146 Å². The molecule has 0 atom stereocenters. The molecule has 1 aromatic carbocycles. The third-order valence-corrected chi connectivity index (χ3v) is 3.66. The van der Waals surface area contributed by atoms with Crippen molar-refractivity contribution in [1.29, 1.82) is 0 Å². The number of hydrogen-bond donors (Lipinski definition) is 2. The number of anilines is 2. The van der Waals surface area contributed by atoms with Gasteiger partial charge in [0.2, 0.25) is 5.95 Å². The van der Waals surface area contributed by atoms with Crippen LogP contribution in [-0.4, -0.2) is 29.5 Å². The lowest BCUT2D eigenvalue weighted by Gasteiger charge is -2.09. The van der Waals surface area contributed by atoms with Gasteiger partial charge in [0, 0.05) is 18.4 Å². The van der Waals surface area contributed by atoms with Gasteiger partial charge in [0.1, 0.15) is 11.4 Å². The van der Waals surface area contributed by atoms with Gasteiger partial charge in [-0.2, -0.15) is 0 Å². The van der Waals surface area contributed by atoms with E-state index in [-0.39, 0.29) is 11.6 Å². The van der Waals surface area contributed by atoms with E-state index in [0.29, 0.717) is 22.4 Å². The van der Waals surface area contributed by atoms with E-state index in [9.17, 15) is 4.79 Å². The van der Waals surface area contributed by atoms with Crippen LogP contribution in [0.5, 0.6) is 5.75 Å². The average molecular weight is 349 g/mol.